The molecule has 2 aromatic carbocycles. The third kappa shape index (κ3) is 4.61. The number of halogens is 1. The highest BCUT2D eigenvalue weighted by molar-refractivity contribution is 7.11. The first-order valence-electron chi connectivity index (χ1n) is 10.6. The maximum atomic E-state index is 14.2. The van der Waals surface area contributed by atoms with Crippen molar-refractivity contribution in [3.63, 3.8) is 0 Å². The number of carbonyl (C=O) groups excluding carboxylic acids is 2. The maximum absolute atomic E-state index is 14.2. The summed E-state index contributed by atoms with van der Waals surface area (Å²) in [6, 6.07) is 14.9. The zero-order chi connectivity index (χ0) is 23.4. The number of ether oxygens (including phenoxy) is 2. The summed E-state index contributed by atoms with van der Waals surface area (Å²) < 4.78 is 25.5. The molecule has 0 spiro atoms. The van der Waals surface area contributed by atoms with Crippen molar-refractivity contribution < 1.29 is 23.5 Å². The minimum absolute atomic E-state index is 0.144. The molecule has 3 aromatic rings. The van der Waals surface area contributed by atoms with Crippen molar-refractivity contribution in [3.05, 3.63) is 81.9 Å². The Morgan fingerprint density at radius 1 is 0.939 bits per heavy atom. The molecule has 0 saturated heterocycles. The van der Waals surface area contributed by atoms with Gasteiger partial charge in [-0.25, -0.2) is 4.39 Å². The highest BCUT2D eigenvalue weighted by Gasteiger charge is 2.40. The Balaban J connectivity index is 1.70. The molecule has 0 unspecified atom stereocenters. The Labute approximate surface area is 195 Å². The van der Waals surface area contributed by atoms with Gasteiger partial charge in [-0.3, -0.25) is 14.5 Å². The van der Waals surface area contributed by atoms with E-state index >= 15 is 0 Å². The fraction of sp³-hybridized carbons (Fsp3) is 0.200. The van der Waals surface area contributed by atoms with Gasteiger partial charge in [0.2, 0.25) is 0 Å². The number of benzene rings is 2. The lowest BCUT2D eigenvalue weighted by atomic mass is 10.1. The molecule has 0 fully saturated rings. The molecule has 0 radical (unpaired) electrons. The largest absolute Gasteiger partial charge is 0.490 e. The molecule has 0 bridgehead atoms. The topological polar surface area (TPSA) is 67.9 Å². The molecule has 8 heteroatoms. The quantitative estimate of drug-likeness (QED) is 0.446. The number of carbonyl (C=O) groups is 2. The normalized spacial score (nSPS) is 13.6. The number of amides is 2. The second-order valence-corrected chi connectivity index (χ2v) is 8.12. The number of rotatable bonds is 9. The molecule has 0 atom stereocenters. The minimum Gasteiger partial charge on any atom is -0.490 e. The van der Waals surface area contributed by atoms with E-state index in [1.165, 1.54) is 17.4 Å². The number of hydrogen-bond donors (Lipinski definition) is 1. The van der Waals surface area contributed by atoms with Gasteiger partial charge in [0.1, 0.15) is 11.5 Å². The van der Waals surface area contributed by atoms with E-state index in [1.54, 1.807) is 42.5 Å². The van der Waals surface area contributed by atoms with Gasteiger partial charge in [-0.15, -0.1) is 11.3 Å². The van der Waals surface area contributed by atoms with Gasteiger partial charge in [0.15, 0.2) is 11.5 Å². The van der Waals surface area contributed by atoms with Gasteiger partial charge in [0.05, 0.1) is 25.3 Å². The van der Waals surface area contributed by atoms with E-state index in [2.05, 4.69) is 5.32 Å². The van der Waals surface area contributed by atoms with Crippen LogP contribution in [-0.4, -0.2) is 29.9 Å². The van der Waals surface area contributed by atoms with Crippen LogP contribution >= 0.6 is 11.3 Å². The van der Waals surface area contributed by atoms with E-state index in [1.807, 2.05) is 25.3 Å². The number of nitrogens with one attached hydrogen (secondary N) is 1. The minimum atomic E-state index is -0.515. The first-order valence-corrected chi connectivity index (χ1v) is 11.5. The van der Waals surface area contributed by atoms with E-state index in [0.29, 0.717) is 35.3 Å². The molecule has 0 saturated carbocycles. The van der Waals surface area contributed by atoms with Crippen LogP contribution < -0.4 is 14.8 Å². The van der Waals surface area contributed by atoms with Gasteiger partial charge >= 0.3 is 0 Å². The van der Waals surface area contributed by atoms with Crippen molar-refractivity contribution in [1.29, 1.82) is 0 Å². The standard InChI is InChI=1S/C25H23FN2O4S/c1-3-31-19-12-11-17(14-20(19)32-4-2)27-23-22(21-10-7-13-33-21)24(29)28(25(23)30)15-16-8-5-6-9-18(16)26/h5-14,27H,3-4,15H2,1-2H3. The third-order valence-corrected chi connectivity index (χ3v) is 5.92. The summed E-state index contributed by atoms with van der Waals surface area (Å²) in [7, 11) is 0. The number of anilines is 1. The number of nitrogens with zero attached hydrogens (tertiary/aromatic N) is 1. The van der Waals surface area contributed by atoms with E-state index in [0.717, 1.165) is 4.90 Å². The van der Waals surface area contributed by atoms with Crippen molar-refractivity contribution in [2.24, 2.45) is 0 Å². The van der Waals surface area contributed by atoms with Crippen molar-refractivity contribution in [1.82, 2.24) is 4.90 Å². The second-order valence-electron chi connectivity index (χ2n) is 7.17. The van der Waals surface area contributed by atoms with Crippen LogP contribution in [0.2, 0.25) is 0 Å². The zero-order valence-corrected chi connectivity index (χ0v) is 19.1. The van der Waals surface area contributed by atoms with Crippen molar-refractivity contribution in [2.75, 3.05) is 18.5 Å². The van der Waals surface area contributed by atoms with Crippen LogP contribution in [0.5, 0.6) is 11.5 Å². The summed E-state index contributed by atoms with van der Waals surface area (Å²) in [6.45, 7) is 4.52. The molecule has 2 heterocycles. The Morgan fingerprint density at radius 3 is 2.39 bits per heavy atom. The number of imide groups is 1. The third-order valence-electron chi connectivity index (χ3n) is 5.03. The molecule has 33 heavy (non-hydrogen) atoms. The van der Waals surface area contributed by atoms with E-state index in [-0.39, 0.29) is 23.4 Å². The van der Waals surface area contributed by atoms with Crippen LogP contribution in [0.25, 0.3) is 5.57 Å². The number of thiophene rings is 1. The van der Waals surface area contributed by atoms with Gasteiger partial charge in [0, 0.05) is 22.2 Å². The maximum Gasteiger partial charge on any atom is 0.278 e. The summed E-state index contributed by atoms with van der Waals surface area (Å²) in [5, 5.41) is 4.94. The average molecular weight is 467 g/mol. The summed E-state index contributed by atoms with van der Waals surface area (Å²) in [5.74, 6) is -0.331. The van der Waals surface area contributed by atoms with Crippen molar-refractivity contribution in [3.8, 4) is 11.5 Å². The van der Waals surface area contributed by atoms with Crippen LogP contribution in [-0.2, 0) is 16.1 Å². The number of hydrogen-bond acceptors (Lipinski definition) is 6. The summed E-state index contributed by atoms with van der Waals surface area (Å²) in [4.78, 5) is 28.3. The van der Waals surface area contributed by atoms with E-state index in [4.69, 9.17) is 9.47 Å². The molecule has 4 rings (SSSR count). The Morgan fingerprint density at radius 2 is 1.70 bits per heavy atom. The molecular formula is C25H23FN2O4S. The van der Waals surface area contributed by atoms with Crippen LogP contribution in [0, 0.1) is 5.82 Å². The molecule has 1 aromatic heterocycles. The zero-order valence-electron chi connectivity index (χ0n) is 18.3. The van der Waals surface area contributed by atoms with Gasteiger partial charge in [0.25, 0.3) is 11.8 Å². The Kier molecular flexibility index (Phi) is 6.74. The predicted molar refractivity (Wildman–Crippen MR) is 126 cm³/mol. The fourth-order valence-electron chi connectivity index (χ4n) is 3.56. The lowest BCUT2D eigenvalue weighted by Crippen LogP contribution is -2.32. The lowest BCUT2D eigenvalue weighted by molar-refractivity contribution is -0.137. The molecular weight excluding hydrogens is 443 g/mol. The first kappa shape index (κ1) is 22.5. The Hall–Kier alpha value is -3.65. The van der Waals surface area contributed by atoms with Crippen molar-refractivity contribution in [2.45, 2.75) is 20.4 Å². The first-order chi connectivity index (χ1) is 16.0. The van der Waals surface area contributed by atoms with Gasteiger partial charge in [-0.05, 0) is 43.5 Å². The molecule has 6 nitrogen and oxygen atoms in total. The van der Waals surface area contributed by atoms with Crippen LogP contribution in [0.15, 0.2) is 65.7 Å². The monoisotopic (exact) mass is 466 g/mol. The average Bonchev–Trinajstić information content (AvgIpc) is 3.40. The van der Waals surface area contributed by atoms with Gasteiger partial charge < -0.3 is 14.8 Å². The second kappa shape index (κ2) is 9.87. The van der Waals surface area contributed by atoms with Crippen molar-refractivity contribution >= 4 is 34.4 Å². The molecule has 1 N–H and O–H groups in total. The molecule has 2 amide bonds. The SMILES string of the molecule is CCOc1ccc(NC2=C(c3cccs3)C(=O)N(Cc3ccccc3F)C2=O)cc1OCC. The fourth-order valence-corrected chi connectivity index (χ4v) is 4.32. The smallest absolute Gasteiger partial charge is 0.278 e. The van der Waals surface area contributed by atoms with Crippen LogP contribution in [0.3, 0.4) is 0 Å². The van der Waals surface area contributed by atoms with Crippen LogP contribution in [0.1, 0.15) is 24.3 Å². The summed E-state index contributed by atoms with van der Waals surface area (Å²) in [6.07, 6.45) is 0. The molecule has 170 valence electrons. The van der Waals surface area contributed by atoms with E-state index in [9.17, 15) is 14.0 Å². The summed E-state index contributed by atoms with van der Waals surface area (Å²) in [5.41, 5.74) is 1.24. The van der Waals surface area contributed by atoms with Gasteiger partial charge in [-0.1, -0.05) is 24.3 Å². The molecule has 1 aliphatic rings. The Bertz CT molecular complexity index is 1210. The van der Waals surface area contributed by atoms with E-state index < -0.39 is 17.6 Å². The highest BCUT2D eigenvalue weighted by Crippen LogP contribution is 2.36. The van der Waals surface area contributed by atoms with Gasteiger partial charge in [-0.2, -0.15) is 0 Å². The predicted octanol–water partition coefficient (Wildman–Crippen LogP) is 5.08. The van der Waals surface area contributed by atoms with Crippen LogP contribution in [0.4, 0.5) is 10.1 Å². The molecule has 0 aliphatic carbocycles. The molecule has 1 aliphatic heterocycles. The lowest BCUT2D eigenvalue weighted by Gasteiger charge is -2.16. The summed E-state index contributed by atoms with van der Waals surface area (Å²) >= 11 is 1.36. The highest BCUT2D eigenvalue weighted by atomic mass is 32.1.